The Hall–Kier alpha value is -4.21. The average molecular weight is 407 g/mol. The zero-order valence-electron chi connectivity index (χ0n) is 16.4. The summed E-state index contributed by atoms with van der Waals surface area (Å²) < 4.78 is 13.0. The molecule has 10 heteroatoms. The maximum absolute atomic E-state index is 12.9. The lowest BCUT2D eigenvalue weighted by Crippen LogP contribution is -2.27. The highest BCUT2D eigenvalue weighted by molar-refractivity contribution is 6.07. The SMILES string of the molecule is COc1c(C(=O)Nc2cnoc2)nc(-c2cccc3c2c(C=O)cn3C)n(C)c1=O. The minimum Gasteiger partial charge on any atom is -0.489 e. The van der Waals surface area contributed by atoms with Crippen LogP contribution in [0, 0.1) is 0 Å². The van der Waals surface area contributed by atoms with E-state index in [2.05, 4.69) is 15.5 Å². The third-order valence-corrected chi connectivity index (χ3v) is 4.77. The molecule has 0 aliphatic rings. The number of aryl methyl sites for hydroxylation is 1. The molecule has 4 rings (SSSR count). The molecule has 1 aromatic carbocycles. The molecule has 1 N–H and O–H groups in total. The molecule has 3 aromatic heterocycles. The van der Waals surface area contributed by atoms with Gasteiger partial charge in [-0.2, -0.15) is 0 Å². The Kier molecular flexibility index (Phi) is 4.66. The van der Waals surface area contributed by atoms with Gasteiger partial charge in [0.25, 0.3) is 11.5 Å². The molecule has 0 bridgehead atoms. The number of nitrogens with zero attached hydrogens (tertiary/aromatic N) is 4. The molecule has 0 fully saturated rings. The van der Waals surface area contributed by atoms with Gasteiger partial charge >= 0.3 is 0 Å². The number of ether oxygens (including phenoxy) is 1. The number of benzene rings is 1. The van der Waals surface area contributed by atoms with Crippen LogP contribution in [-0.2, 0) is 14.1 Å². The van der Waals surface area contributed by atoms with E-state index in [1.54, 1.807) is 18.3 Å². The molecular formula is C20H17N5O5. The number of hydrogen-bond donors (Lipinski definition) is 1. The summed E-state index contributed by atoms with van der Waals surface area (Å²) in [5.41, 5.74) is 1.34. The monoisotopic (exact) mass is 407 g/mol. The van der Waals surface area contributed by atoms with Gasteiger partial charge in [-0.25, -0.2) is 4.98 Å². The topological polar surface area (TPSA) is 121 Å². The van der Waals surface area contributed by atoms with E-state index in [1.807, 2.05) is 17.7 Å². The number of rotatable bonds is 5. The predicted molar refractivity (Wildman–Crippen MR) is 108 cm³/mol. The van der Waals surface area contributed by atoms with Crippen LogP contribution in [0.5, 0.6) is 5.75 Å². The molecule has 0 unspecified atom stereocenters. The van der Waals surface area contributed by atoms with E-state index >= 15 is 0 Å². The summed E-state index contributed by atoms with van der Waals surface area (Å²) in [6, 6.07) is 5.39. The second-order valence-corrected chi connectivity index (χ2v) is 6.56. The van der Waals surface area contributed by atoms with Crippen molar-refractivity contribution < 1.29 is 18.8 Å². The van der Waals surface area contributed by atoms with E-state index in [-0.39, 0.29) is 17.3 Å². The highest BCUT2D eigenvalue weighted by Gasteiger charge is 2.24. The number of amides is 1. The highest BCUT2D eigenvalue weighted by Crippen LogP contribution is 2.31. The lowest BCUT2D eigenvalue weighted by Gasteiger charge is -2.14. The summed E-state index contributed by atoms with van der Waals surface area (Å²) in [5.74, 6) is -0.646. The van der Waals surface area contributed by atoms with Gasteiger partial charge in [-0.1, -0.05) is 17.3 Å². The van der Waals surface area contributed by atoms with Crippen LogP contribution in [0.2, 0.25) is 0 Å². The Balaban J connectivity index is 1.97. The third kappa shape index (κ3) is 2.94. The van der Waals surface area contributed by atoms with E-state index in [0.29, 0.717) is 22.2 Å². The largest absolute Gasteiger partial charge is 0.489 e. The molecule has 0 saturated carbocycles. The Morgan fingerprint density at radius 1 is 1.30 bits per heavy atom. The lowest BCUT2D eigenvalue weighted by molar-refractivity contribution is 0.101. The summed E-state index contributed by atoms with van der Waals surface area (Å²) in [7, 11) is 4.63. The summed E-state index contributed by atoms with van der Waals surface area (Å²) in [6.07, 6.45) is 5.00. The van der Waals surface area contributed by atoms with Crippen LogP contribution in [-0.4, -0.2) is 38.6 Å². The highest BCUT2D eigenvalue weighted by atomic mass is 16.5. The van der Waals surface area contributed by atoms with Crippen molar-refractivity contribution in [3.63, 3.8) is 0 Å². The third-order valence-electron chi connectivity index (χ3n) is 4.77. The molecule has 1 amide bonds. The number of aldehydes is 1. The van der Waals surface area contributed by atoms with E-state index in [1.165, 1.54) is 31.2 Å². The molecule has 0 radical (unpaired) electrons. The molecule has 4 aromatic rings. The number of carbonyl (C=O) groups is 2. The van der Waals surface area contributed by atoms with E-state index < -0.39 is 11.5 Å². The molecule has 0 aliphatic heterocycles. The summed E-state index contributed by atoms with van der Waals surface area (Å²) in [5, 5.41) is 6.71. The molecule has 0 atom stereocenters. The Morgan fingerprint density at radius 2 is 2.10 bits per heavy atom. The molecular weight excluding hydrogens is 390 g/mol. The van der Waals surface area contributed by atoms with Crippen LogP contribution >= 0.6 is 0 Å². The minimum absolute atomic E-state index is 0.197. The average Bonchev–Trinajstić information content (AvgIpc) is 3.37. The van der Waals surface area contributed by atoms with Crippen molar-refractivity contribution in [2.24, 2.45) is 14.1 Å². The van der Waals surface area contributed by atoms with Crippen molar-refractivity contribution in [3.8, 4) is 17.1 Å². The van der Waals surface area contributed by atoms with Crippen LogP contribution in [0.3, 0.4) is 0 Å². The van der Waals surface area contributed by atoms with Crippen molar-refractivity contribution in [2.45, 2.75) is 0 Å². The first-order chi connectivity index (χ1) is 14.5. The minimum atomic E-state index is -0.662. The number of methoxy groups -OCH3 is 1. The van der Waals surface area contributed by atoms with Crippen LogP contribution in [0.15, 0.2) is 46.2 Å². The number of nitrogens with one attached hydrogen (secondary N) is 1. The number of anilines is 1. The maximum Gasteiger partial charge on any atom is 0.296 e. The smallest absolute Gasteiger partial charge is 0.296 e. The Labute approximate surface area is 169 Å². The van der Waals surface area contributed by atoms with Crippen molar-refractivity contribution >= 4 is 28.8 Å². The van der Waals surface area contributed by atoms with Gasteiger partial charge in [0, 0.05) is 42.3 Å². The normalized spacial score (nSPS) is 10.9. The fourth-order valence-electron chi connectivity index (χ4n) is 3.37. The lowest BCUT2D eigenvalue weighted by atomic mass is 10.1. The van der Waals surface area contributed by atoms with Crippen LogP contribution in [0.25, 0.3) is 22.3 Å². The van der Waals surface area contributed by atoms with Gasteiger partial charge < -0.3 is 19.1 Å². The summed E-state index contributed by atoms with van der Waals surface area (Å²) >= 11 is 0. The fourth-order valence-corrected chi connectivity index (χ4v) is 3.37. The van der Waals surface area contributed by atoms with Gasteiger partial charge in [-0.3, -0.25) is 19.0 Å². The quantitative estimate of drug-likeness (QED) is 0.502. The number of aromatic nitrogens is 4. The second kappa shape index (κ2) is 7.32. The number of hydrogen-bond acceptors (Lipinski definition) is 7. The first-order valence-electron chi connectivity index (χ1n) is 8.85. The van der Waals surface area contributed by atoms with Crippen molar-refractivity contribution in [2.75, 3.05) is 12.4 Å². The molecule has 3 heterocycles. The Morgan fingerprint density at radius 3 is 2.77 bits per heavy atom. The van der Waals surface area contributed by atoms with Crippen molar-refractivity contribution in [1.82, 2.24) is 19.3 Å². The number of carbonyl (C=O) groups excluding carboxylic acids is 2. The van der Waals surface area contributed by atoms with Gasteiger partial charge in [0.05, 0.1) is 13.3 Å². The summed E-state index contributed by atoms with van der Waals surface area (Å²) in [4.78, 5) is 41.8. The molecule has 0 aliphatic carbocycles. The Bertz CT molecular complexity index is 1330. The van der Waals surface area contributed by atoms with Gasteiger partial charge in [0.1, 0.15) is 17.8 Å². The van der Waals surface area contributed by atoms with Gasteiger partial charge in [-0.15, -0.1) is 0 Å². The fraction of sp³-hybridized carbons (Fsp3) is 0.150. The van der Waals surface area contributed by atoms with Crippen LogP contribution < -0.4 is 15.6 Å². The first-order valence-corrected chi connectivity index (χ1v) is 8.85. The zero-order chi connectivity index (χ0) is 21.4. The van der Waals surface area contributed by atoms with Crippen molar-refractivity contribution in [3.05, 3.63) is 58.5 Å². The van der Waals surface area contributed by atoms with E-state index in [4.69, 9.17) is 9.26 Å². The zero-order valence-corrected chi connectivity index (χ0v) is 16.4. The first kappa shape index (κ1) is 19.1. The predicted octanol–water partition coefficient (Wildman–Crippen LogP) is 2.00. The molecule has 30 heavy (non-hydrogen) atoms. The molecule has 0 spiro atoms. The van der Waals surface area contributed by atoms with Crippen molar-refractivity contribution in [1.29, 1.82) is 0 Å². The standard InChI is InChI=1S/C20H17N5O5/c1-24-8-11(9-26)15-13(5-4-6-14(15)24)18-23-16(17(29-3)20(28)25(18)2)19(27)22-12-7-21-30-10-12/h4-10H,1-3H3,(H,22,27). The van der Waals surface area contributed by atoms with Crippen LogP contribution in [0.1, 0.15) is 20.8 Å². The second-order valence-electron chi connectivity index (χ2n) is 6.56. The molecule has 10 nitrogen and oxygen atoms in total. The van der Waals surface area contributed by atoms with E-state index in [0.717, 1.165) is 11.8 Å². The summed E-state index contributed by atoms with van der Waals surface area (Å²) in [6.45, 7) is 0. The van der Waals surface area contributed by atoms with E-state index in [9.17, 15) is 14.4 Å². The number of fused-ring (bicyclic) bond motifs is 1. The molecule has 0 saturated heterocycles. The van der Waals surface area contributed by atoms with Gasteiger partial charge in [0.2, 0.25) is 5.75 Å². The molecule has 152 valence electrons. The maximum atomic E-state index is 12.9. The van der Waals surface area contributed by atoms with Gasteiger partial charge in [0.15, 0.2) is 12.0 Å². The van der Waals surface area contributed by atoms with Gasteiger partial charge in [-0.05, 0) is 6.07 Å². The van der Waals surface area contributed by atoms with Crippen LogP contribution in [0.4, 0.5) is 5.69 Å².